The minimum absolute atomic E-state index is 0.505. The van der Waals surface area contributed by atoms with Gasteiger partial charge in [-0.2, -0.15) is 0 Å². The first-order valence-corrected chi connectivity index (χ1v) is 6.64. The number of nitrogen functional groups attached to an aromatic ring is 1. The van der Waals surface area contributed by atoms with Crippen LogP contribution in [0.4, 0.5) is 5.82 Å². The van der Waals surface area contributed by atoms with E-state index in [0.29, 0.717) is 18.3 Å². The van der Waals surface area contributed by atoms with Crippen LogP contribution < -0.4 is 10.5 Å². The Balaban J connectivity index is 1.92. The molecule has 3 rings (SSSR count). The smallest absolute Gasteiger partial charge is 0.134 e. The Kier molecular flexibility index (Phi) is 3.07. The molecule has 1 aliphatic carbocycles. The highest BCUT2D eigenvalue weighted by Gasteiger charge is 2.27. The van der Waals surface area contributed by atoms with E-state index in [2.05, 4.69) is 9.97 Å². The molecule has 0 radical (unpaired) electrons. The summed E-state index contributed by atoms with van der Waals surface area (Å²) in [7, 11) is 0. The van der Waals surface area contributed by atoms with Crippen LogP contribution in [-0.4, -0.2) is 16.6 Å². The van der Waals surface area contributed by atoms with Crippen molar-refractivity contribution in [2.45, 2.75) is 25.7 Å². The van der Waals surface area contributed by atoms with Crippen molar-refractivity contribution < 1.29 is 4.74 Å². The molecule has 98 valence electrons. The number of hydrogen-bond donors (Lipinski definition) is 1. The lowest BCUT2D eigenvalue weighted by atomic mass is 10.1. The highest BCUT2D eigenvalue weighted by Crippen LogP contribution is 2.39. The van der Waals surface area contributed by atoms with E-state index in [-0.39, 0.29) is 0 Å². The quantitative estimate of drug-likeness (QED) is 0.912. The van der Waals surface area contributed by atoms with Gasteiger partial charge in [-0.25, -0.2) is 9.97 Å². The molecule has 1 saturated carbocycles. The summed E-state index contributed by atoms with van der Waals surface area (Å²) < 4.78 is 5.43. The second-order valence-electron chi connectivity index (χ2n) is 4.77. The van der Waals surface area contributed by atoms with E-state index in [0.717, 1.165) is 22.8 Å². The summed E-state index contributed by atoms with van der Waals surface area (Å²) in [6, 6.07) is 9.73. The Hall–Kier alpha value is -2.10. The van der Waals surface area contributed by atoms with Gasteiger partial charge in [0.15, 0.2) is 0 Å². The molecule has 0 atom stereocenters. The normalized spacial score (nSPS) is 14.4. The molecule has 2 aromatic rings. The maximum absolute atomic E-state index is 5.86. The molecular formula is C15H17N3O. The van der Waals surface area contributed by atoms with Crippen LogP contribution in [0.15, 0.2) is 30.3 Å². The van der Waals surface area contributed by atoms with Crippen molar-refractivity contribution in [1.82, 2.24) is 9.97 Å². The zero-order valence-corrected chi connectivity index (χ0v) is 11.0. The van der Waals surface area contributed by atoms with E-state index < -0.39 is 0 Å². The number of ether oxygens (including phenoxy) is 1. The summed E-state index contributed by atoms with van der Waals surface area (Å²) in [6.45, 7) is 2.65. The number of hydrogen-bond acceptors (Lipinski definition) is 4. The van der Waals surface area contributed by atoms with Crippen molar-refractivity contribution in [3.63, 3.8) is 0 Å². The molecule has 0 unspecified atom stereocenters. The number of aromatic nitrogens is 2. The minimum atomic E-state index is 0.505. The fraction of sp³-hybridized carbons (Fsp3) is 0.333. The Bertz CT molecular complexity index is 576. The van der Waals surface area contributed by atoms with Crippen LogP contribution in [0.3, 0.4) is 0 Å². The van der Waals surface area contributed by atoms with Crippen molar-refractivity contribution in [2.24, 2.45) is 0 Å². The molecule has 19 heavy (non-hydrogen) atoms. The predicted molar refractivity (Wildman–Crippen MR) is 75.0 cm³/mol. The Morgan fingerprint density at radius 3 is 2.58 bits per heavy atom. The Morgan fingerprint density at radius 2 is 1.95 bits per heavy atom. The second-order valence-corrected chi connectivity index (χ2v) is 4.77. The molecular weight excluding hydrogens is 238 g/mol. The standard InChI is InChI=1S/C15H17N3O/c1-2-19-12-7-5-10(6-8-12)13-9-14(16)18-15(17-13)11-3-4-11/h5-9,11H,2-4H2,1H3,(H2,16,17,18). The van der Waals surface area contributed by atoms with Crippen LogP contribution in [0.1, 0.15) is 31.5 Å². The van der Waals surface area contributed by atoms with Crippen molar-refractivity contribution >= 4 is 5.82 Å². The fourth-order valence-electron chi connectivity index (χ4n) is 2.05. The molecule has 4 nitrogen and oxygen atoms in total. The van der Waals surface area contributed by atoms with Gasteiger partial charge >= 0.3 is 0 Å². The third kappa shape index (κ3) is 2.67. The van der Waals surface area contributed by atoms with Crippen molar-refractivity contribution in [3.8, 4) is 17.0 Å². The molecule has 1 aromatic heterocycles. The Labute approximate surface area is 112 Å². The van der Waals surface area contributed by atoms with E-state index in [1.54, 1.807) is 0 Å². The zero-order valence-electron chi connectivity index (χ0n) is 11.0. The van der Waals surface area contributed by atoms with Crippen LogP contribution in [-0.2, 0) is 0 Å². The maximum Gasteiger partial charge on any atom is 0.134 e. The molecule has 1 aliphatic rings. The lowest BCUT2D eigenvalue weighted by Crippen LogP contribution is -2.00. The number of anilines is 1. The molecule has 1 aromatic carbocycles. The van der Waals surface area contributed by atoms with Gasteiger partial charge < -0.3 is 10.5 Å². The fourth-order valence-corrected chi connectivity index (χ4v) is 2.05. The number of nitrogens with zero attached hydrogens (tertiary/aromatic N) is 2. The first-order valence-electron chi connectivity index (χ1n) is 6.64. The lowest BCUT2D eigenvalue weighted by molar-refractivity contribution is 0.340. The molecule has 4 heteroatoms. The largest absolute Gasteiger partial charge is 0.494 e. The molecule has 0 spiro atoms. The second kappa shape index (κ2) is 4.88. The van der Waals surface area contributed by atoms with Gasteiger partial charge in [0, 0.05) is 17.5 Å². The molecule has 0 aliphatic heterocycles. The number of nitrogens with two attached hydrogens (primary N) is 1. The summed E-state index contributed by atoms with van der Waals surface area (Å²) >= 11 is 0. The first kappa shape index (κ1) is 12.0. The first-order chi connectivity index (χ1) is 9.26. The van der Waals surface area contributed by atoms with Gasteiger partial charge in [-0.3, -0.25) is 0 Å². The zero-order chi connectivity index (χ0) is 13.2. The van der Waals surface area contributed by atoms with Gasteiger partial charge in [0.05, 0.1) is 12.3 Å². The third-order valence-electron chi connectivity index (χ3n) is 3.17. The summed E-state index contributed by atoms with van der Waals surface area (Å²) in [5.74, 6) is 2.80. The topological polar surface area (TPSA) is 61.0 Å². The van der Waals surface area contributed by atoms with Crippen LogP contribution in [0.5, 0.6) is 5.75 Å². The molecule has 2 N–H and O–H groups in total. The van der Waals surface area contributed by atoms with Crippen molar-refractivity contribution in [2.75, 3.05) is 12.3 Å². The predicted octanol–water partition coefficient (Wildman–Crippen LogP) is 3.00. The maximum atomic E-state index is 5.86. The monoisotopic (exact) mass is 255 g/mol. The SMILES string of the molecule is CCOc1ccc(-c2cc(N)nc(C3CC3)n2)cc1. The van der Waals surface area contributed by atoms with E-state index in [4.69, 9.17) is 10.5 Å². The summed E-state index contributed by atoms with van der Waals surface area (Å²) in [4.78, 5) is 8.92. The van der Waals surface area contributed by atoms with Gasteiger partial charge in [0.25, 0.3) is 0 Å². The van der Waals surface area contributed by atoms with Crippen LogP contribution in [0, 0.1) is 0 Å². The van der Waals surface area contributed by atoms with Gasteiger partial charge in [0.1, 0.15) is 17.4 Å². The number of rotatable bonds is 4. The van der Waals surface area contributed by atoms with Gasteiger partial charge in [-0.15, -0.1) is 0 Å². The van der Waals surface area contributed by atoms with Gasteiger partial charge in [0.2, 0.25) is 0 Å². The lowest BCUT2D eigenvalue weighted by Gasteiger charge is -2.07. The summed E-state index contributed by atoms with van der Waals surface area (Å²) in [6.07, 6.45) is 2.35. The van der Waals surface area contributed by atoms with Crippen molar-refractivity contribution in [1.29, 1.82) is 0 Å². The van der Waals surface area contributed by atoms with E-state index in [1.165, 1.54) is 12.8 Å². The van der Waals surface area contributed by atoms with Crippen molar-refractivity contribution in [3.05, 3.63) is 36.2 Å². The third-order valence-corrected chi connectivity index (χ3v) is 3.17. The minimum Gasteiger partial charge on any atom is -0.494 e. The Morgan fingerprint density at radius 1 is 1.21 bits per heavy atom. The van der Waals surface area contributed by atoms with Gasteiger partial charge in [-0.05, 0) is 44.0 Å². The molecule has 0 saturated heterocycles. The van der Waals surface area contributed by atoms with Crippen LogP contribution >= 0.6 is 0 Å². The van der Waals surface area contributed by atoms with E-state index in [1.807, 2.05) is 37.3 Å². The van der Waals surface area contributed by atoms with Gasteiger partial charge in [-0.1, -0.05) is 0 Å². The molecule has 0 bridgehead atoms. The van der Waals surface area contributed by atoms with E-state index >= 15 is 0 Å². The van der Waals surface area contributed by atoms with Crippen LogP contribution in [0.25, 0.3) is 11.3 Å². The highest BCUT2D eigenvalue weighted by molar-refractivity contribution is 5.62. The van der Waals surface area contributed by atoms with E-state index in [9.17, 15) is 0 Å². The highest BCUT2D eigenvalue weighted by atomic mass is 16.5. The molecule has 1 heterocycles. The number of benzene rings is 1. The average Bonchev–Trinajstić information content (AvgIpc) is 3.23. The molecule has 0 amide bonds. The summed E-state index contributed by atoms with van der Waals surface area (Å²) in [5.41, 5.74) is 7.79. The van der Waals surface area contributed by atoms with Crippen LogP contribution in [0.2, 0.25) is 0 Å². The molecule has 1 fully saturated rings. The average molecular weight is 255 g/mol. The summed E-state index contributed by atoms with van der Waals surface area (Å²) in [5, 5.41) is 0.